The SMILES string of the molecule is COCC1CCN(C(=O)[C@@H](N)CCc2ccccc2)CC1. The number of ether oxygens (including phenoxy) is 1. The van der Waals surface area contributed by atoms with Gasteiger partial charge >= 0.3 is 0 Å². The summed E-state index contributed by atoms with van der Waals surface area (Å²) in [5.41, 5.74) is 7.31. The van der Waals surface area contributed by atoms with Crippen LogP contribution in [0.15, 0.2) is 30.3 Å². The lowest BCUT2D eigenvalue weighted by atomic mass is 9.96. The Balaban J connectivity index is 1.75. The minimum Gasteiger partial charge on any atom is -0.384 e. The summed E-state index contributed by atoms with van der Waals surface area (Å²) < 4.78 is 5.18. The fourth-order valence-electron chi connectivity index (χ4n) is 2.88. The molecular weight excluding hydrogens is 264 g/mol. The molecule has 21 heavy (non-hydrogen) atoms. The zero-order valence-corrected chi connectivity index (χ0v) is 12.8. The number of aryl methyl sites for hydroxylation is 1. The van der Waals surface area contributed by atoms with Gasteiger partial charge in [0, 0.05) is 26.8 Å². The number of carbonyl (C=O) groups is 1. The Labute approximate surface area is 127 Å². The highest BCUT2D eigenvalue weighted by atomic mass is 16.5. The number of benzene rings is 1. The number of piperidine rings is 1. The molecule has 0 spiro atoms. The lowest BCUT2D eigenvalue weighted by Gasteiger charge is -2.33. The summed E-state index contributed by atoms with van der Waals surface area (Å²) in [7, 11) is 1.73. The molecule has 4 heteroatoms. The maximum Gasteiger partial charge on any atom is 0.239 e. The molecule has 0 radical (unpaired) electrons. The first-order valence-electron chi connectivity index (χ1n) is 7.78. The Morgan fingerprint density at radius 1 is 1.33 bits per heavy atom. The minimum atomic E-state index is -0.385. The van der Waals surface area contributed by atoms with Crippen molar-refractivity contribution in [1.29, 1.82) is 0 Å². The van der Waals surface area contributed by atoms with Crippen molar-refractivity contribution in [3.05, 3.63) is 35.9 Å². The van der Waals surface area contributed by atoms with Crippen LogP contribution in [0.2, 0.25) is 0 Å². The van der Waals surface area contributed by atoms with Crippen molar-refractivity contribution in [2.24, 2.45) is 11.7 Å². The summed E-state index contributed by atoms with van der Waals surface area (Å²) in [6.07, 6.45) is 3.60. The molecule has 1 aromatic carbocycles. The van der Waals surface area contributed by atoms with Gasteiger partial charge in [-0.05, 0) is 37.2 Å². The molecule has 2 N–H and O–H groups in total. The lowest BCUT2D eigenvalue weighted by Crippen LogP contribution is -2.47. The standard InChI is InChI=1S/C17H26N2O2/c1-21-13-15-9-11-19(12-10-15)17(20)16(18)8-7-14-5-3-2-4-6-14/h2-6,15-16H,7-13,18H2,1H3/t16-/m0/s1. The second kappa shape index (κ2) is 8.15. The third-order valence-corrected chi connectivity index (χ3v) is 4.23. The Kier molecular flexibility index (Phi) is 6.21. The van der Waals surface area contributed by atoms with E-state index in [0.29, 0.717) is 12.3 Å². The number of rotatable bonds is 6. The number of nitrogens with zero attached hydrogens (tertiary/aromatic N) is 1. The Morgan fingerprint density at radius 2 is 2.00 bits per heavy atom. The highest BCUT2D eigenvalue weighted by Crippen LogP contribution is 2.18. The molecule has 0 bridgehead atoms. The first kappa shape index (κ1) is 16.0. The molecule has 0 aromatic heterocycles. The smallest absolute Gasteiger partial charge is 0.239 e. The number of amides is 1. The van der Waals surface area contributed by atoms with Crippen molar-refractivity contribution in [2.45, 2.75) is 31.7 Å². The first-order chi connectivity index (χ1) is 10.2. The van der Waals surface area contributed by atoms with E-state index in [1.165, 1.54) is 5.56 Å². The predicted octanol–water partition coefficient (Wildman–Crippen LogP) is 1.83. The van der Waals surface area contributed by atoms with E-state index in [9.17, 15) is 4.79 Å². The molecule has 116 valence electrons. The van der Waals surface area contributed by atoms with E-state index in [0.717, 1.165) is 39.0 Å². The summed E-state index contributed by atoms with van der Waals surface area (Å²) in [6, 6.07) is 9.80. The summed E-state index contributed by atoms with van der Waals surface area (Å²) in [6.45, 7) is 2.42. The Morgan fingerprint density at radius 3 is 2.62 bits per heavy atom. The number of carbonyl (C=O) groups excluding carboxylic acids is 1. The van der Waals surface area contributed by atoms with E-state index in [2.05, 4.69) is 12.1 Å². The lowest BCUT2D eigenvalue weighted by molar-refractivity contribution is -0.134. The molecule has 1 saturated heterocycles. The van der Waals surface area contributed by atoms with Crippen LogP contribution in [0.1, 0.15) is 24.8 Å². The molecule has 1 aliphatic rings. The number of methoxy groups -OCH3 is 1. The molecule has 2 rings (SSSR count). The van der Waals surface area contributed by atoms with Gasteiger partial charge in [0.25, 0.3) is 0 Å². The third-order valence-electron chi connectivity index (χ3n) is 4.23. The Bertz CT molecular complexity index is 428. The third kappa shape index (κ3) is 4.83. The largest absolute Gasteiger partial charge is 0.384 e. The average molecular weight is 290 g/mol. The van der Waals surface area contributed by atoms with Crippen molar-refractivity contribution in [3.8, 4) is 0 Å². The monoisotopic (exact) mass is 290 g/mol. The second-order valence-corrected chi connectivity index (χ2v) is 5.85. The van der Waals surface area contributed by atoms with Crippen molar-refractivity contribution in [3.63, 3.8) is 0 Å². The van der Waals surface area contributed by atoms with Gasteiger partial charge in [0.15, 0.2) is 0 Å². The number of hydrogen-bond acceptors (Lipinski definition) is 3. The highest BCUT2D eigenvalue weighted by molar-refractivity contribution is 5.81. The van der Waals surface area contributed by atoms with Crippen LogP contribution < -0.4 is 5.73 Å². The van der Waals surface area contributed by atoms with Crippen LogP contribution in [0.3, 0.4) is 0 Å². The van der Waals surface area contributed by atoms with Gasteiger partial charge in [-0.15, -0.1) is 0 Å². The summed E-state index contributed by atoms with van der Waals surface area (Å²) in [5.74, 6) is 0.682. The quantitative estimate of drug-likeness (QED) is 0.869. The van der Waals surface area contributed by atoms with Gasteiger partial charge in [-0.25, -0.2) is 0 Å². The fraction of sp³-hybridized carbons (Fsp3) is 0.588. The van der Waals surface area contributed by atoms with Gasteiger partial charge in [-0.2, -0.15) is 0 Å². The van der Waals surface area contributed by atoms with Gasteiger partial charge in [-0.1, -0.05) is 30.3 Å². The Hall–Kier alpha value is -1.39. The molecular formula is C17H26N2O2. The summed E-state index contributed by atoms with van der Waals surface area (Å²) in [5, 5.41) is 0. The molecule has 1 aromatic rings. The van der Waals surface area contributed by atoms with Crippen LogP contribution >= 0.6 is 0 Å². The van der Waals surface area contributed by atoms with Crippen LogP contribution in [0.5, 0.6) is 0 Å². The van der Waals surface area contributed by atoms with E-state index in [4.69, 9.17) is 10.5 Å². The van der Waals surface area contributed by atoms with Crippen LogP contribution in [0.25, 0.3) is 0 Å². The summed E-state index contributed by atoms with van der Waals surface area (Å²) in [4.78, 5) is 14.3. The van der Waals surface area contributed by atoms with E-state index in [1.54, 1.807) is 7.11 Å². The first-order valence-corrected chi connectivity index (χ1v) is 7.78. The molecule has 0 unspecified atom stereocenters. The molecule has 1 aliphatic heterocycles. The van der Waals surface area contributed by atoms with E-state index >= 15 is 0 Å². The van der Waals surface area contributed by atoms with Crippen molar-refractivity contribution in [1.82, 2.24) is 4.90 Å². The predicted molar refractivity (Wildman–Crippen MR) is 83.9 cm³/mol. The van der Waals surface area contributed by atoms with Gasteiger partial charge in [0.1, 0.15) is 0 Å². The van der Waals surface area contributed by atoms with E-state index in [1.807, 2.05) is 23.1 Å². The zero-order chi connectivity index (χ0) is 15.1. The van der Waals surface area contributed by atoms with Gasteiger partial charge in [0.05, 0.1) is 6.04 Å². The molecule has 1 fully saturated rings. The van der Waals surface area contributed by atoms with Crippen LogP contribution in [0.4, 0.5) is 0 Å². The molecule has 0 saturated carbocycles. The van der Waals surface area contributed by atoms with Crippen molar-refractivity contribution >= 4 is 5.91 Å². The normalized spacial score (nSPS) is 17.7. The van der Waals surface area contributed by atoms with E-state index in [-0.39, 0.29) is 11.9 Å². The van der Waals surface area contributed by atoms with E-state index < -0.39 is 0 Å². The number of hydrogen-bond donors (Lipinski definition) is 1. The van der Waals surface area contributed by atoms with Crippen LogP contribution in [0, 0.1) is 5.92 Å². The highest BCUT2D eigenvalue weighted by Gasteiger charge is 2.25. The fourth-order valence-corrected chi connectivity index (χ4v) is 2.88. The van der Waals surface area contributed by atoms with Gasteiger partial charge in [0.2, 0.25) is 5.91 Å². The zero-order valence-electron chi connectivity index (χ0n) is 12.8. The van der Waals surface area contributed by atoms with Gasteiger partial charge in [-0.3, -0.25) is 4.79 Å². The minimum absolute atomic E-state index is 0.0989. The van der Waals surface area contributed by atoms with Crippen molar-refractivity contribution < 1.29 is 9.53 Å². The molecule has 1 heterocycles. The van der Waals surface area contributed by atoms with Gasteiger partial charge < -0.3 is 15.4 Å². The number of nitrogens with two attached hydrogens (primary N) is 1. The average Bonchev–Trinajstić information content (AvgIpc) is 2.54. The molecule has 4 nitrogen and oxygen atoms in total. The topological polar surface area (TPSA) is 55.6 Å². The van der Waals surface area contributed by atoms with Crippen LogP contribution in [-0.4, -0.2) is 43.7 Å². The van der Waals surface area contributed by atoms with Crippen molar-refractivity contribution in [2.75, 3.05) is 26.8 Å². The molecule has 1 atom stereocenters. The maximum absolute atomic E-state index is 12.4. The summed E-state index contributed by atoms with van der Waals surface area (Å²) >= 11 is 0. The van der Waals surface area contributed by atoms with Crippen LogP contribution in [-0.2, 0) is 16.0 Å². The second-order valence-electron chi connectivity index (χ2n) is 5.85. The molecule has 0 aliphatic carbocycles. The maximum atomic E-state index is 12.4. The molecule has 1 amide bonds. The number of likely N-dealkylation sites (tertiary alicyclic amines) is 1.